The molecule has 8 heteroatoms. The number of aliphatic imine (C=N–C) groups is 1. The maximum atomic E-state index is 12.8. The van der Waals surface area contributed by atoms with Crippen LogP contribution >= 0.6 is 11.8 Å². The molecule has 0 saturated carbocycles. The Hall–Kier alpha value is -2.87. The predicted octanol–water partition coefficient (Wildman–Crippen LogP) is 2.97. The minimum Gasteiger partial charge on any atom is -0.493 e. The smallest absolute Gasteiger partial charge is 0.259 e. The van der Waals surface area contributed by atoms with Crippen molar-refractivity contribution in [2.45, 2.75) is 11.6 Å². The second-order valence-electron chi connectivity index (χ2n) is 5.64. The van der Waals surface area contributed by atoms with Gasteiger partial charge >= 0.3 is 0 Å². The number of carbonyl (C=O) groups excluding carboxylic acids is 1. The van der Waals surface area contributed by atoms with Crippen LogP contribution in [0.2, 0.25) is 0 Å². The number of carbonyl (C=O) groups is 1. The number of ether oxygens (including phenoxy) is 2. The largest absolute Gasteiger partial charge is 0.493 e. The van der Waals surface area contributed by atoms with E-state index in [2.05, 4.69) is 20.3 Å². The number of hydrogen-bond donors (Lipinski definition) is 1. The van der Waals surface area contributed by atoms with Gasteiger partial charge in [-0.15, -0.1) is 0 Å². The lowest BCUT2D eigenvalue weighted by molar-refractivity contribution is 0.0964. The molecule has 1 aliphatic heterocycles. The van der Waals surface area contributed by atoms with Gasteiger partial charge in [-0.05, 0) is 30.5 Å². The van der Waals surface area contributed by atoms with Crippen LogP contribution in [-0.4, -0.2) is 49.1 Å². The van der Waals surface area contributed by atoms with Gasteiger partial charge in [0.25, 0.3) is 5.91 Å². The van der Waals surface area contributed by atoms with Crippen LogP contribution in [0.15, 0.2) is 46.3 Å². The van der Waals surface area contributed by atoms with Crippen molar-refractivity contribution in [3.8, 4) is 22.8 Å². The summed E-state index contributed by atoms with van der Waals surface area (Å²) in [5, 5.41) is 3.51. The highest BCUT2D eigenvalue weighted by Crippen LogP contribution is 2.33. The summed E-state index contributed by atoms with van der Waals surface area (Å²) >= 11 is 1.41. The third-order valence-electron chi connectivity index (χ3n) is 4.02. The molecule has 1 aromatic heterocycles. The number of rotatable bonds is 6. The molecule has 0 bridgehead atoms. The van der Waals surface area contributed by atoms with E-state index in [0.717, 1.165) is 11.3 Å². The summed E-state index contributed by atoms with van der Waals surface area (Å²) in [5.41, 5.74) is 2.50. The summed E-state index contributed by atoms with van der Waals surface area (Å²) in [6, 6.07) is 5.43. The molecule has 0 radical (unpaired) electrons. The number of dihydropyridines is 1. The Labute approximate surface area is 161 Å². The average molecular weight is 384 g/mol. The molecule has 1 aromatic carbocycles. The minimum absolute atomic E-state index is 0.256. The quantitative estimate of drug-likeness (QED) is 0.609. The molecule has 0 aliphatic carbocycles. The number of methoxy groups -OCH3 is 2. The minimum atomic E-state index is -0.256. The Bertz CT molecular complexity index is 912. The van der Waals surface area contributed by atoms with Gasteiger partial charge in [-0.3, -0.25) is 9.79 Å². The zero-order chi connectivity index (χ0) is 19.2. The molecule has 1 amide bonds. The molecule has 1 aliphatic rings. The second-order valence-corrected chi connectivity index (χ2v) is 6.41. The number of nitrogens with zero attached hydrogens (tertiary/aromatic N) is 3. The van der Waals surface area contributed by atoms with E-state index in [1.165, 1.54) is 11.8 Å². The van der Waals surface area contributed by atoms with Crippen molar-refractivity contribution < 1.29 is 14.3 Å². The summed E-state index contributed by atoms with van der Waals surface area (Å²) in [6.45, 7) is 0.663. The molecule has 0 spiro atoms. The predicted molar refractivity (Wildman–Crippen MR) is 106 cm³/mol. The van der Waals surface area contributed by atoms with Crippen LogP contribution in [0.4, 0.5) is 0 Å². The van der Waals surface area contributed by atoms with Crippen molar-refractivity contribution in [1.82, 2.24) is 15.3 Å². The van der Waals surface area contributed by atoms with E-state index in [4.69, 9.17) is 9.47 Å². The molecular formula is C19H20N4O3S. The first-order valence-electron chi connectivity index (χ1n) is 8.30. The molecule has 2 heterocycles. The Balaban J connectivity index is 2.02. The van der Waals surface area contributed by atoms with Crippen LogP contribution < -0.4 is 14.8 Å². The number of benzene rings is 1. The van der Waals surface area contributed by atoms with Crippen molar-refractivity contribution in [1.29, 1.82) is 0 Å². The number of hydrogen-bond acceptors (Lipinski definition) is 7. The highest BCUT2D eigenvalue weighted by Gasteiger charge is 2.19. The van der Waals surface area contributed by atoms with E-state index in [9.17, 15) is 4.79 Å². The molecule has 27 heavy (non-hydrogen) atoms. The summed E-state index contributed by atoms with van der Waals surface area (Å²) in [4.78, 5) is 25.8. The van der Waals surface area contributed by atoms with Crippen molar-refractivity contribution in [3.05, 3.63) is 41.7 Å². The molecular weight excluding hydrogens is 364 g/mol. The maximum Gasteiger partial charge on any atom is 0.259 e. The fourth-order valence-corrected chi connectivity index (χ4v) is 2.98. The van der Waals surface area contributed by atoms with Gasteiger partial charge in [-0.2, -0.15) is 0 Å². The Morgan fingerprint density at radius 1 is 1.22 bits per heavy atom. The molecule has 7 nitrogen and oxygen atoms in total. The third kappa shape index (κ3) is 4.28. The number of thioether (sulfide) groups is 1. The van der Waals surface area contributed by atoms with Crippen molar-refractivity contribution in [2.75, 3.05) is 27.0 Å². The molecule has 0 saturated heterocycles. The normalized spacial score (nSPS) is 13.1. The first kappa shape index (κ1) is 18.9. The third-order valence-corrected chi connectivity index (χ3v) is 4.58. The van der Waals surface area contributed by atoms with Crippen LogP contribution in [0, 0.1) is 0 Å². The van der Waals surface area contributed by atoms with Crippen LogP contribution in [-0.2, 0) is 0 Å². The van der Waals surface area contributed by atoms with Gasteiger partial charge in [0.1, 0.15) is 0 Å². The fourth-order valence-electron chi connectivity index (χ4n) is 2.64. The first-order chi connectivity index (χ1) is 13.2. The van der Waals surface area contributed by atoms with Gasteiger partial charge in [0.05, 0.1) is 25.5 Å². The molecule has 2 aromatic rings. The van der Waals surface area contributed by atoms with Crippen molar-refractivity contribution >= 4 is 23.9 Å². The lowest BCUT2D eigenvalue weighted by Crippen LogP contribution is -2.25. The SMILES string of the molecule is COc1ccc(-c2nc(SC)ncc2C(=O)NC2=CC=NCC2)cc1OC. The Kier molecular flexibility index (Phi) is 6.08. The summed E-state index contributed by atoms with van der Waals surface area (Å²) < 4.78 is 10.7. The van der Waals surface area contributed by atoms with Gasteiger partial charge in [0.15, 0.2) is 16.7 Å². The number of allylic oxidation sites excluding steroid dienone is 1. The molecule has 0 fully saturated rings. The lowest BCUT2D eigenvalue weighted by Gasteiger charge is -2.14. The van der Waals surface area contributed by atoms with Crippen LogP contribution in [0.3, 0.4) is 0 Å². The summed E-state index contributed by atoms with van der Waals surface area (Å²) in [7, 11) is 3.15. The first-order valence-corrected chi connectivity index (χ1v) is 9.52. The van der Waals surface area contributed by atoms with Gasteiger partial charge in [-0.1, -0.05) is 11.8 Å². The van der Waals surface area contributed by atoms with Gasteiger partial charge in [0, 0.05) is 36.6 Å². The van der Waals surface area contributed by atoms with Gasteiger partial charge in [0.2, 0.25) is 0 Å². The van der Waals surface area contributed by atoms with Crippen LogP contribution in [0.25, 0.3) is 11.3 Å². The Morgan fingerprint density at radius 2 is 2.04 bits per heavy atom. The highest BCUT2D eigenvalue weighted by molar-refractivity contribution is 7.98. The van der Waals surface area contributed by atoms with Crippen molar-refractivity contribution in [3.63, 3.8) is 0 Å². The molecule has 140 valence electrons. The number of amides is 1. The maximum absolute atomic E-state index is 12.8. The fraction of sp³-hybridized carbons (Fsp3) is 0.263. The zero-order valence-electron chi connectivity index (χ0n) is 15.4. The molecule has 3 rings (SSSR count). The number of nitrogens with one attached hydrogen (secondary N) is 1. The van der Waals surface area contributed by atoms with E-state index in [1.807, 2.05) is 12.3 Å². The van der Waals surface area contributed by atoms with Crippen LogP contribution in [0.5, 0.6) is 11.5 Å². The van der Waals surface area contributed by atoms with Crippen LogP contribution in [0.1, 0.15) is 16.8 Å². The van der Waals surface area contributed by atoms with E-state index in [1.54, 1.807) is 44.8 Å². The average Bonchev–Trinajstić information content (AvgIpc) is 2.73. The van der Waals surface area contributed by atoms with Crippen molar-refractivity contribution in [2.24, 2.45) is 4.99 Å². The topological polar surface area (TPSA) is 85.7 Å². The van der Waals surface area contributed by atoms with E-state index in [0.29, 0.717) is 40.9 Å². The zero-order valence-corrected chi connectivity index (χ0v) is 16.2. The number of aromatic nitrogens is 2. The van der Waals surface area contributed by atoms with E-state index >= 15 is 0 Å². The molecule has 0 unspecified atom stereocenters. The van der Waals surface area contributed by atoms with E-state index < -0.39 is 0 Å². The monoisotopic (exact) mass is 384 g/mol. The lowest BCUT2D eigenvalue weighted by atomic mass is 10.1. The second kappa shape index (κ2) is 8.68. The standard InChI is InChI=1S/C19H20N4O3S/c1-25-15-5-4-12(10-16(15)26-2)17-14(11-21-19(23-17)27-3)18(24)22-13-6-8-20-9-7-13/h4-6,8,10-11H,7,9H2,1-3H3,(H,22,24). The summed E-state index contributed by atoms with van der Waals surface area (Å²) in [6.07, 6.45) is 7.63. The molecule has 1 N–H and O–H groups in total. The van der Waals surface area contributed by atoms with Gasteiger partial charge < -0.3 is 14.8 Å². The molecule has 0 atom stereocenters. The Morgan fingerprint density at radius 3 is 2.70 bits per heavy atom. The summed E-state index contributed by atoms with van der Waals surface area (Å²) in [5.74, 6) is 0.920. The van der Waals surface area contributed by atoms with E-state index in [-0.39, 0.29) is 5.91 Å². The van der Waals surface area contributed by atoms with Gasteiger partial charge in [-0.25, -0.2) is 9.97 Å². The highest BCUT2D eigenvalue weighted by atomic mass is 32.2.